The normalized spacial score (nSPS) is 24.9. The zero-order valence-corrected chi connectivity index (χ0v) is 12.1. The van der Waals surface area contributed by atoms with Crippen molar-refractivity contribution in [1.82, 2.24) is 15.3 Å². The lowest BCUT2D eigenvalue weighted by Gasteiger charge is -2.24. The summed E-state index contributed by atoms with van der Waals surface area (Å²) in [6.07, 6.45) is 6.16. The molecule has 1 aromatic carbocycles. The SMILES string of the molecule is c1ccc(-c2cncnc2N2CC[C@]3(CCNC3)C2)cc1. The van der Waals surface area contributed by atoms with E-state index < -0.39 is 0 Å². The van der Waals surface area contributed by atoms with Crippen molar-refractivity contribution in [1.29, 1.82) is 0 Å². The molecule has 3 heterocycles. The Morgan fingerprint density at radius 1 is 1.14 bits per heavy atom. The molecule has 2 aliphatic rings. The molecule has 1 atom stereocenters. The monoisotopic (exact) mass is 280 g/mol. The van der Waals surface area contributed by atoms with Gasteiger partial charge >= 0.3 is 0 Å². The Kier molecular flexibility index (Phi) is 3.11. The quantitative estimate of drug-likeness (QED) is 0.916. The standard InChI is InChI=1S/C17H20N4/c1-2-4-14(5-3-1)15-10-19-13-20-16(15)21-9-7-17(12-21)6-8-18-11-17/h1-5,10,13,18H,6-9,11-12H2/t17-/m0/s1. The van der Waals surface area contributed by atoms with Gasteiger partial charge in [-0.25, -0.2) is 9.97 Å². The van der Waals surface area contributed by atoms with Crippen molar-refractivity contribution in [3.8, 4) is 11.1 Å². The highest BCUT2D eigenvalue weighted by Gasteiger charge is 2.41. The molecule has 4 nitrogen and oxygen atoms in total. The van der Waals surface area contributed by atoms with Gasteiger partial charge in [0.1, 0.15) is 12.1 Å². The summed E-state index contributed by atoms with van der Waals surface area (Å²) in [4.78, 5) is 11.3. The molecule has 1 N–H and O–H groups in total. The second-order valence-corrected chi connectivity index (χ2v) is 6.22. The highest BCUT2D eigenvalue weighted by molar-refractivity contribution is 5.75. The summed E-state index contributed by atoms with van der Waals surface area (Å²) in [5, 5.41) is 3.51. The summed E-state index contributed by atoms with van der Waals surface area (Å²) in [6.45, 7) is 4.51. The van der Waals surface area contributed by atoms with E-state index in [1.807, 2.05) is 12.3 Å². The number of benzene rings is 1. The molecule has 0 bridgehead atoms. The Labute approximate surface area is 125 Å². The van der Waals surface area contributed by atoms with Crippen LogP contribution in [0.1, 0.15) is 12.8 Å². The van der Waals surface area contributed by atoms with Crippen molar-refractivity contribution < 1.29 is 0 Å². The van der Waals surface area contributed by atoms with Crippen LogP contribution in [0.15, 0.2) is 42.9 Å². The van der Waals surface area contributed by atoms with E-state index in [1.54, 1.807) is 6.33 Å². The molecule has 1 spiro atoms. The Morgan fingerprint density at radius 2 is 2.05 bits per heavy atom. The molecule has 0 amide bonds. The maximum absolute atomic E-state index is 4.59. The molecule has 0 radical (unpaired) electrons. The molecule has 21 heavy (non-hydrogen) atoms. The van der Waals surface area contributed by atoms with Gasteiger partial charge in [-0.3, -0.25) is 0 Å². The van der Waals surface area contributed by atoms with E-state index in [0.717, 1.165) is 37.6 Å². The van der Waals surface area contributed by atoms with Gasteiger partial charge in [0.15, 0.2) is 0 Å². The third kappa shape index (κ3) is 2.29. The molecule has 0 saturated carbocycles. The molecular weight excluding hydrogens is 260 g/mol. The van der Waals surface area contributed by atoms with E-state index in [1.165, 1.54) is 18.4 Å². The number of nitrogens with one attached hydrogen (secondary N) is 1. The van der Waals surface area contributed by atoms with Crippen molar-refractivity contribution in [2.45, 2.75) is 12.8 Å². The van der Waals surface area contributed by atoms with Gasteiger partial charge in [0.2, 0.25) is 0 Å². The van der Waals surface area contributed by atoms with Crippen molar-refractivity contribution in [2.24, 2.45) is 5.41 Å². The van der Waals surface area contributed by atoms with Gasteiger partial charge < -0.3 is 10.2 Å². The maximum atomic E-state index is 4.59. The van der Waals surface area contributed by atoms with E-state index in [4.69, 9.17) is 0 Å². The molecule has 4 rings (SSSR count). The average molecular weight is 280 g/mol. The Bertz CT molecular complexity index is 620. The first-order chi connectivity index (χ1) is 10.4. The van der Waals surface area contributed by atoms with Crippen LogP contribution >= 0.6 is 0 Å². The van der Waals surface area contributed by atoms with Crippen LogP contribution in [0.4, 0.5) is 5.82 Å². The summed E-state index contributed by atoms with van der Waals surface area (Å²) < 4.78 is 0. The Morgan fingerprint density at radius 3 is 2.86 bits per heavy atom. The van der Waals surface area contributed by atoms with Crippen LogP contribution in [0.25, 0.3) is 11.1 Å². The van der Waals surface area contributed by atoms with Crippen molar-refractivity contribution in [2.75, 3.05) is 31.1 Å². The minimum Gasteiger partial charge on any atom is -0.355 e. The van der Waals surface area contributed by atoms with Crippen LogP contribution in [-0.2, 0) is 0 Å². The third-order valence-corrected chi connectivity index (χ3v) is 4.85. The van der Waals surface area contributed by atoms with E-state index in [-0.39, 0.29) is 0 Å². The number of hydrogen-bond acceptors (Lipinski definition) is 4. The first-order valence-electron chi connectivity index (χ1n) is 7.67. The summed E-state index contributed by atoms with van der Waals surface area (Å²) in [5.74, 6) is 1.08. The smallest absolute Gasteiger partial charge is 0.139 e. The van der Waals surface area contributed by atoms with E-state index in [2.05, 4.69) is 44.5 Å². The average Bonchev–Trinajstić information content (AvgIpc) is 3.19. The number of aromatic nitrogens is 2. The van der Waals surface area contributed by atoms with Crippen LogP contribution < -0.4 is 10.2 Å². The lowest BCUT2D eigenvalue weighted by Crippen LogP contribution is -2.29. The zero-order chi connectivity index (χ0) is 14.1. The highest BCUT2D eigenvalue weighted by atomic mass is 15.2. The molecule has 1 aromatic heterocycles. The van der Waals surface area contributed by atoms with Crippen molar-refractivity contribution >= 4 is 5.82 Å². The summed E-state index contributed by atoms with van der Waals surface area (Å²) >= 11 is 0. The minimum atomic E-state index is 0.457. The molecule has 0 unspecified atom stereocenters. The first kappa shape index (κ1) is 12.8. The number of hydrogen-bond donors (Lipinski definition) is 1. The van der Waals surface area contributed by atoms with Crippen LogP contribution in [0.2, 0.25) is 0 Å². The fourth-order valence-electron chi connectivity index (χ4n) is 3.66. The minimum absolute atomic E-state index is 0.457. The highest BCUT2D eigenvalue weighted by Crippen LogP contribution is 2.39. The lowest BCUT2D eigenvalue weighted by atomic mass is 9.86. The Hall–Kier alpha value is -1.94. The van der Waals surface area contributed by atoms with Crippen LogP contribution in [0.5, 0.6) is 0 Å². The molecule has 2 fully saturated rings. The molecule has 108 valence electrons. The van der Waals surface area contributed by atoms with Gasteiger partial charge in [-0.15, -0.1) is 0 Å². The number of nitrogens with zero attached hydrogens (tertiary/aromatic N) is 3. The molecular formula is C17H20N4. The van der Waals surface area contributed by atoms with Gasteiger partial charge in [-0.2, -0.15) is 0 Å². The van der Waals surface area contributed by atoms with Crippen LogP contribution in [-0.4, -0.2) is 36.1 Å². The van der Waals surface area contributed by atoms with Crippen LogP contribution in [0.3, 0.4) is 0 Å². The van der Waals surface area contributed by atoms with Crippen molar-refractivity contribution in [3.63, 3.8) is 0 Å². The predicted molar refractivity (Wildman–Crippen MR) is 84.2 cm³/mol. The summed E-state index contributed by atoms with van der Waals surface area (Å²) in [7, 11) is 0. The lowest BCUT2D eigenvalue weighted by molar-refractivity contribution is 0.369. The van der Waals surface area contributed by atoms with E-state index in [9.17, 15) is 0 Å². The molecule has 2 saturated heterocycles. The molecule has 4 heteroatoms. The predicted octanol–water partition coefficient (Wildman–Crippen LogP) is 2.33. The fraction of sp³-hybridized carbons (Fsp3) is 0.412. The van der Waals surface area contributed by atoms with Gasteiger partial charge in [0, 0.05) is 36.8 Å². The third-order valence-electron chi connectivity index (χ3n) is 4.85. The molecule has 2 aromatic rings. The maximum Gasteiger partial charge on any atom is 0.139 e. The second kappa shape index (κ2) is 5.11. The van der Waals surface area contributed by atoms with Gasteiger partial charge in [0.25, 0.3) is 0 Å². The van der Waals surface area contributed by atoms with Gasteiger partial charge in [0.05, 0.1) is 0 Å². The number of rotatable bonds is 2. The fourth-order valence-corrected chi connectivity index (χ4v) is 3.66. The number of anilines is 1. The summed E-state index contributed by atoms with van der Waals surface area (Å²) in [6, 6.07) is 10.4. The Balaban J connectivity index is 1.67. The molecule has 0 aliphatic carbocycles. The van der Waals surface area contributed by atoms with Crippen LogP contribution in [0, 0.1) is 5.41 Å². The zero-order valence-electron chi connectivity index (χ0n) is 12.1. The van der Waals surface area contributed by atoms with Gasteiger partial charge in [-0.05, 0) is 24.9 Å². The van der Waals surface area contributed by atoms with Gasteiger partial charge in [-0.1, -0.05) is 30.3 Å². The van der Waals surface area contributed by atoms with E-state index in [0.29, 0.717) is 5.41 Å². The first-order valence-corrected chi connectivity index (χ1v) is 7.67. The van der Waals surface area contributed by atoms with E-state index >= 15 is 0 Å². The summed E-state index contributed by atoms with van der Waals surface area (Å²) in [5.41, 5.74) is 2.79. The molecule has 2 aliphatic heterocycles. The topological polar surface area (TPSA) is 41.1 Å². The second-order valence-electron chi connectivity index (χ2n) is 6.22. The largest absolute Gasteiger partial charge is 0.355 e. The van der Waals surface area contributed by atoms with Crippen molar-refractivity contribution in [3.05, 3.63) is 42.9 Å².